The molecule has 0 bridgehead atoms. The topological polar surface area (TPSA) is 24.8 Å². The number of hydrogen-bond acceptors (Lipinski definition) is 3. The zero-order valence-electron chi connectivity index (χ0n) is 14.3. The molecule has 0 unspecified atom stereocenters. The maximum absolute atomic E-state index is 6.33. The van der Waals surface area contributed by atoms with E-state index in [2.05, 4.69) is 11.1 Å². The molecule has 2 aliphatic rings. The van der Waals surface area contributed by atoms with E-state index in [0.717, 1.165) is 39.6 Å². The summed E-state index contributed by atoms with van der Waals surface area (Å²) in [7, 11) is 0. The number of nitrogens with zero attached hydrogens (tertiary/aromatic N) is 2. The second-order valence-corrected chi connectivity index (χ2v) is 7.59. The molecule has 2 heterocycles. The molecule has 0 fully saturated rings. The molecule has 3 aromatic carbocycles. The normalized spacial score (nSPS) is 20.5. The molecule has 0 aliphatic carbocycles. The minimum Gasteiger partial charge on any atom is -0.464 e. The Morgan fingerprint density at radius 1 is 0.852 bits per heavy atom. The van der Waals surface area contributed by atoms with Crippen LogP contribution in [0.1, 0.15) is 35.4 Å². The summed E-state index contributed by atoms with van der Waals surface area (Å²) in [5.41, 5.74) is 4.31. The van der Waals surface area contributed by atoms with E-state index < -0.39 is 0 Å². The maximum atomic E-state index is 6.33. The van der Waals surface area contributed by atoms with Crippen molar-refractivity contribution in [1.29, 1.82) is 0 Å². The molecule has 27 heavy (non-hydrogen) atoms. The van der Waals surface area contributed by atoms with Crippen LogP contribution >= 0.6 is 23.2 Å². The highest BCUT2D eigenvalue weighted by molar-refractivity contribution is 6.30. The van der Waals surface area contributed by atoms with Gasteiger partial charge in [-0.25, -0.2) is 5.01 Å². The van der Waals surface area contributed by atoms with Crippen molar-refractivity contribution in [3.8, 4) is 5.75 Å². The van der Waals surface area contributed by atoms with Crippen LogP contribution < -0.4 is 4.74 Å². The second-order valence-electron chi connectivity index (χ2n) is 6.71. The van der Waals surface area contributed by atoms with Crippen LogP contribution in [0.4, 0.5) is 0 Å². The van der Waals surface area contributed by atoms with E-state index in [-0.39, 0.29) is 12.3 Å². The third-order valence-corrected chi connectivity index (χ3v) is 5.54. The van der Waals surface area contributed by atoms with Gasteiger partial charge in [0.2, 0.25) is 6.23 Å². The van der Waals surface area contributed by atoms with Gasteiger partial charge in [0.15, 0.2) is 0 Å². The van der Waals surface area contributed by atoms with Gasteiger partial charge in [0.05, 0.1) is 11.8 Å². The summed E-state index contributed by atoms with van der Waals surface area (Å²) in [5.74, 6) is 0.909. The molecule has 0 N–H and O–H groups in total. The van der Waals surface area contributed by atoms with Gasteiger partial charge in [-0.1, -0.05) is 65.7 Å². The Hall–Kier alpha value is -2.49. The fourth-order valence-electron chi connectivity index (χ4n) is 3.70. The monoisotopic (exact) mass is 394 g/mol. The zero-order valence-corrected chi connectivity index (χ0v) is 15.9. The van der Waals surface area contributed by atoms with E-state index in [4.69, 9.17) is 33.0 Å². The molecular weight excluding hydrogens is 379 g/mol. The maximum Gasteiger partial charge on any atom is 0.213 e. The van der Waals surface area contributed by atoms with E-state index in [1.165, 1.54) is 0 Å². The van der Waals surface area contributed by atoms with Gasteiger partial charge in [-0.05, 0) is 35.9 Å². The highest BCUT2D eigenvalue weighted by Gasteiger charge is 2.40. The molecule has 0 saturated heterocycles. The van der Waals surface area contributed by atoms with E-state index in [9.17, 15) is 0 Å². The summed E-state index contributed by atoms with van der Waals surface area (Å²) in [6.07, 6.45) is 0.540. The molecule has 3 aromatic rings. The van der Waals surface area contributed by atoms with Gasteiger partial charge < -0.3 is 4.74 Å². The third kappa shape index (κ3) is 2.97. The lowest BCUT2D eigenvalue weighted by molar-refractivity contribution is -0.0190. The summed E-state index contributed by atoms with van der Waals surface area (Å²) < 4.78 is 6.33. The Balaban J connectivity index is 1.58. The van der Waals surface area contributed by atoms with Crippen molar-refractivity contribution >= 4 is 28.9 Å². The molecule has 5 heteroatoms. The molecular formula is C22H16Cl2N2O. The van der Waals surface area contributed by atoms with Crippen LogP contribution in [0.3, 0.4) is 0 Å². The Morgan fingerprint density at radius 3 is 2.26 bits per heavy atom. The summed E-state index contributed by atoms with van der Waals surface area (Å²) in [6.45, 7) is 0. The van der Waals surface area contributed by atoms with E-state index in [1.54, 1.807) is 0 Å². The molecule has 0 saturated carbocycles. The van der Waals surface area contributed by atoms with Crippen molar-refractivity contribution in [1.82, 2.24) is 5.01 Å². The van der Waals surface area contributed by atoms with E-state index in [1.807, 2.05) is 66.7 Å². The van der Waals surface area contributed by atoms with Crippen LogP contribution in [0, 0.1) is 0 Å². The first-order valence-corrected chi connectivity index (χ1v) is 9.57. The predicted octanol–water partition coefficient (Wildman–Crippen LogP) is 6.24. The quantitative estimate of drug-likeness (QED) is 0.513. The first-order valence-electron chi connectivity index (χ1n) is 8.82. The number of fused-ring (bicyclic) bond motifs is 3. The van der Waals surface area contributed by atoms with Gasteiger partial charge in [0.1, 0.15) is 5.75 Å². The van der Waals surface area contributed by atoms with Gasteiger partial charge in [0.25, 0.3) is 0 Å². The Morgan fingerprint density at radius 2 is 1.52 bits per heavy atom. The van der Waals surface area contributed by atoms with Crippen LogP contribution in [0.25, 0.3) is 0 Å². The Kier molecular flexibility index (Phi) is 4.07. The number of para-hydroxylation sites is 1. The fourth-order valence-corrected chi connectivity index (χ4v) is 3.95. The summed E-state index contributed by atoms with van der Waals surface area (Å²) in [5, 5.41) is 8.43. The van der Waals surface area contributed by atoms with Crippen molar-refractivity contribution in [2.24, 2.45) is 5.10 Å². The lowest BCUT2D eigenvalue weighted by Gasteiger charge is -2.38. The smallest absolute Gasteiger partial charge is 0.213 e. The standard InChI is InChI=1S/C22H16Cl2N2O/c23-16-9-5-14(6-10-16)19-13-20-18-3-1-2-4-21(18)27-22(26(20)25-19)15-7-11-17(24)12-8-15/h1-12,20,22H,13H2/t20-,22-/m0/s1. The molecule has 3 nitrogen and oxygen atoms in total. The van der Waals surface area contributed by atoms with Gasteiger partial charge in [-0.3, -0.25) is 0 Å². The lowest BCUT2D eigenvalue weighted by Crippen LogP contribution is -2.33. The van der Waals surface area contributed by atoms with E-state index >= 15 is 0 Å². The number of rotatable bonds is 2. The summed E-state index contributed by atoms with van der Waals surface area (Å²) >= 11 is 12.1. The first-order chi connectivity index (χ1) is 13.2. The summed E-state index contributed by atoms with van der Waals surface area (Å²) in [6, 6.07) is 23.9. The molecule has 2 aliphatic heterocycles. The van der Waals surface area contributed by atoms with Crippen LogP contribution in [0.5, 0.6) is 5.75 Å². The van der Waals surface area contributed by atoms with E-state index in [0.29, 0.717) is 5.02 Å². The average molecular weight is 395 g/mol. The van der Waals surface area contributed by atoms with Crippen molar-refractivity contribution in [3.63, 3.8) is 0 Å². The highest BCUT2D eigenvalue weighted by atomic mass is 35.5. The SMILES string of the molecule is Clc1ccc(C2=NN3[C@@H](C2)c2ccccc2O[C@H]3c2ccc(Cl)cc2)cc1. The number of benzene rings is 3. The number of ether oxygens (including phenoxy) is 1. The third-order valence-electron chi connectivity index (χ3n) is 5.03. The van der Waals surface area contributed by atoms with Crippen LogP contribution in [-0.2, 0) is 0 Å². The average Bonchev–Trinajstić information content (AvgIpc) is 3.14. The van der Waals surface area contributed by atoms with Crippen LogP contribution in [-0.4, -0.2) is 10.7 Å². The Labute approximate surface area is 167 Å². The fraction of sp³-hybridized carbons (Fsp3) is 0.136. The van der Waals surface area contributed by atoms with Crippen molar-refractivity contribution < 1.29 is 4.74 Å². The molecule has 134 valence electrons. The molecule has 0 spiro atoms. The molecule has 5 rings (SSSR count). The molecule has 0 radical (unpaired) electrons. The van der Waals surface area contributed by atoms with Gasteiger partial charge in [0, 0.05) is 27.6 Å². The minimum atomic E-state index is -0.285. The number of halogens is 2. The molecule has 0 aromatic heterocycles. The van der Waals surface area contributed by atoms with Gasteiger partial charge in [-0.15, -0.1) is 0 Å². The predicted molar refractivity (Wildman–Crippen MR) is 108 cm³/mol. The highest BCUT2D eigenvalue weighted by Crippen LogP contribution is 2.47. The van der Waals surface area contributed by atoms with Crippen molar-refractivity contribution in [2.45, 2.75) is 18.7 Å². The number of hydrazone groups is 1. The minimum absolute atomic E-state index is 0.140. The van der Waals surface area contributed by atoms with Crippen molar-refractivity contribution in [2.75, 3.05) is 0 Å². The summed E-state index contributed by atoms with van der Waals surface area (Å²) in [4.78, 5) is 0. The molecule has 0 amide bonds. The van der Waals surface area contributed by atoms with Crippen LogP contribution in [0.2, 0.25) is 10.0 Å². The van der Waals surface area contributed by atoms with Gasteiger partial charge >= 0.3 is 0 Å². The van der Waals surface area contributed by atoms with Crippen molar-refractivity contribution in [3.05, 3.63) is 99.5 Å². The van der Waals surface area contributed by atoms with Crippen LogP contribution in [0.15, 0.2) is 77.9 Å². The largest absolute Gasteiger partial charge is 0.464 e. The Bertz CT molecular complexity index is 1020. The van der Waals surface area contributed by atoms with Gasteiger partial charge in [-0.2, -0.15) is 5.10 Å². The second kappa shape index (κ2) is 6.59. The zero-order chi connectivity index (χ0) is 18.4. The molecule has 2 atom stereocenters. The first kappa shape index (κ1) is 16.7. The lowest BCUT2D eigenvalue weighted by atomic mass is 9.96. The number of hydrogen-bond donors (Lipinski definition) is 0.